The molecule has 1 aromatic carbocycles. The van der Waals surface area contributed by atoms with E-state index in [4.69, 9.17) is 0 Å². The number of aromatic nitrogens is 1. The van der Waals surface area contributed by atoms with E-state index < -0.39 is 0 Å². The number of fused-ring (bicyclic) bond motifs is 6. The second-order valence-corrected chi connectivity index (χ2v) is 11.7. The Labute approximate surface area is 181 Å². The summed E-state index contributed by atoms with van der Waals surface area (Å²) in [6, 6.07) is 9.29. The molecular formula is C28H37NO. The average molecular weight is 404 g/mol. The van der Waals surface area contributed by atoms with Crippen molar-refractivity contribution in [3.05, 3.63) is 42.2 Å². The molecule has 2 heteroatoms. The van der Waals surface area contributed by atoms with Crippen molar-refractivity contribution in [2.45, 2.75) is 83.7 Å². The van der Waals surface area contributed by atoms with Gasteiger partial charge in [0.2, 0.25) is 0 Å². The molecule has 0 spiro atoms. The predicted molar refractivity (Wildman–Crippen MR) is 122 cm³/mol. The van der Waals surface area contributed by atoms with E-state index in [1.54, 1.807) is 5.56 Å². The van der Waals surface area contributed by atoms with Gasteiger partial charge in [-0.2, -0.15) is 0 Å². The summed E-state index contributed by atoms with van der Waals surface area (Å²) in [6.45, 7) is 5.24. The highest BCUT2D eigenvalue weighted by Crippen LogP contribution is 2.69. The van der Waals surface area contributed by atoms with Crippen LogP contribution < -0.4 is 0 Å². The lowest BCUT2D eigenvalue weighted by molar-refractivity contribution is -0.122. The normalized spacial score (nSPS) is 45.6. The van der Waals surface area contributed by atoms with E-state index in [9.17, 15) is 5.11 Å². The van der Waals surface area contributed by atoms with Gasteiger partial charge in [-0.05, 0) is 121 Å². The summed E-state index contributed by atoms with van der Waals surface area (Å²) in [6.07, 6.45) is 15.6. The number of hydrogen-bond acceptors (Lipinski definition) is 2. The summed E-state index contributed by atoms with van der Waals surface area (Å²) < 4.78 is 0. The Bertz CT molecular complexity index is 955. The van der Waals surface area contributed by atoms with Crippen molar-refractivity contribution in [2.75, 3.05) is 0 Å². The molecule has 0 radical (unpaired) electrons. The highest BCUT2D eigenvalue weighted by Gasteiger charge is 2.60. The van der Waals surface area contributed by atoms with E-state index in [0.717, 1.165) is 36.5 Å². The molecule has 0 aliphatic heterocycles. The number of benzene rings is 1. The molecule has 0 bridgehead atoms. The zero-order valence-electron chi connectivity index (χ0n) is 18.7. The molecule has 1 heterocycles. The number of hydrogen-bond donors (Lipinski definition) is 1. The van der Waals surface area contributed by atoms with Crippen LogP contribution in [0, 0.1) is 34.5 Å². The average Bonchev–Trinajstić information content (AvgIpc) is 3.11. The summed E-state index contributed by atoms with van der Waals surface area (Å²) in [7, 11) is 0. The second-order valence-electron chi connectivity index (χ2n) is 11.7. The van der Waals surface area contributed by atoms with Crippen LogP contribution in [0.3, 0.4) is 0 Å². The topological polar surface area (TPSA) is 33.1 Å². The third-order valence-electron chi connectivity index (χ3n) is 10.7. The summed E-state index contributed by atoms with van der Waals surface area (Å²) in [4.78, 5) is 4.37. The van der Waals surface area contributed by atoms with Crippen LogP contribution in [0.25, 0.3) is 10.8 Å². The molecule has 4 fully saturated rings. The number of pyridine rings is 1. The summed E-state index contributed by atoms with van der Waals surface area (Å²) in [5.74, 6) is 4.15. The Kier molecular flexibility index (Phi) is 4.37. The molecule has 2 aromatic rings. The first kappa shape index (κ1) is 19.3. The lowest BCUT2D eigenvalue weighted by Gasteiger charge is -2.61. The van der Waals surface area contributed by atoms with Gasteiger partial charge in [0, 0.05) is 17.8 Å². The van der Waals surface area contributed by atoms with Crippen LogP contribution in [0.15, 0.2) is 36.7 Å². The number of rotatable bonds is 1. The molecule has 8 atom stereocenters. The van der Waals surface area contributed by atoms with Crippen molar-refractivity contribution >= 4 is 10.8 Å². The maximum atomic E-state index is 10.3. The second kappa shape index (κ2) is 6.79. The molecule has 6 rings (SSSR count). The number of aliphatic hydroxyl groups excluding tert-OH is 1. The summed E-state index contributed by atoms with van der Waals surface area (Å²) in [5.41, 5.74) is 2.49. The Morgan fingerprint density at radius 2 is 1.70 bits per heavy atom. The minimum atomic E-state index is -0.0354. The van der Waals surface area contributed by atoms with E-state index in [1.807, 2.05) is 12.4 Å². The third-order valence-corrected chi connectivity index (χ3v) is 10.7. The fourth-order valence-corrected chi connectivity index (χ4v) is 9.10. The first-order valence-electron chi connectivity index (χ1n) is 12.5. The van der Waals surface area contributed by atoms with Gasteiger partial charge in [0.1, 0.15) is 0 Å². The minimum Gasteiger partial charge on any atom is -0.393 e. The van der Waals surface area contributed by atoms with Crippen LogP contribution in [0.2, 0.25) is 0 Å². The lowest BCUT2D eigenvalue weighted by atomic mass is 9.44. The highest BCUT2D eigenvalue weighted by molar-refractivity contribution is 5.82. The third kappa shape index (κ3) is 2.68. The van der Waals surface area contributed by atoms with Crippen LogP contribution in [-0.2, 0) is 0 Å². The van der Waals surface area contributed by atoms with Crippen molar-refractivity contribution in [3.63, 3.8) is 0 Å². The first-order chi connectivity index (χ1) is 14.5. The SMILES string of the molecule is C[C@]12CC[C@@H](O)C[C@@H]1CC[C@@H]1[C@@H]2CC[C@]2(C)[C@@H](c3ccc4ccncc4c3)CC[C@@H]12. The van der Waals surface area contributed by atoms with Gasteiger partial charge < -0.3 is 5.11 Å². The van der Waals surface area contributed by atoms with Gasteiger partial charge in [-0.25, -0.2) is 0 Å². The Morgan fingerprint density at radius 3 is 2.60 bits per heavy atom. The van der Waals surface area contributed by atoms with Crippen LogP contribution in [0.5, 0.6) is 0 Å². The van der Waals surface area contributed by atoms with Gasteiger partial charge >= 0.3 is 0 Å². The molecule has 4 saturated carbocycles. The maximum absolute atomic E-state index is 10.3. The summed E-state index contributed by atoms with van der Waals surface area (Å²) >= 11 is 0. The fourth-order valence-electron chi connectivity index (χ4n) is 9.10. The van der Waals surface area contributed by atoms with Gasteiger partial charge in [0.25, 0.3) is 0 Å². The number of nitrogens with zero attached hydrogens (tertiary/aromatic N) is 1. The quantitative estimate of drug-likeness (QED) is 0.573. The molecule has 1 N–H and O–H groups in total. The maximum Gasteiger partial charge on any atom is 0.0543 e. The minimum absolute atomic E-state index is 0.0354. The van der Waals surface area contributed by atoms with Crippen molar-refractivity contribution in [1.82, 2.24) is 4.98 Å². The van der Waals surface area contributed by atoms with Crippen molar-refractivity contribution < 1.29 is 5.11 Å². The molecule has 1 aromatic heterocycles. The van der Waals surface area contributed by atoms with E-state index in [1.165, 1.54) is 55.7 Å². The molecule has 2 nitrogen and oxygen atoms in total. The molecule has 30 heavy (non-hydrogen) atoms. The standard InChI is InChI=1S/C28H37NO/c1-27-12-9-22(30)16-21(27)5-6-23-25-8-7-24(28(25,2)13-10-26(23)27)19-4-3-18-11-14-29-17-20(18)15-19/h3-4,11,14-15,17,21-26,30H,5-10,12-13,16H2,1-2H3/t21-,22+,23-,24+,25-,26-,27-,28+/m0/s1. The van der Waals surface area contributed by atoms with E-state index in [0.29, 0.717) is 16.7 Å². The van der Waals surface area contributed by atoms with Gasteiger partial charge in [-0.3, -0.25) is 4.98 Å². The molecule has 0 saturated heterocycles. The van der Waals surface area contributed by atoms with Crippen LogP contribution in [-0.4, -0.2) is 16.2 Å². The Balaban J connectivity index is 1.31. The zero-order chi connectivity index (χ0) is 20.5. The number of aliphatic hydroxyl groups is 1. The predicted octanol–water partition coefficient (Wildman–Crippen LogP) is 6.72. The molecule has 0 amide bonds. The van der Waals surface area contributed by atoms with Gasteiger partial charge in [0.15, 0.2) is 0 Å². The fraction of sp³-hybridized carbons (Fsp3) is 0.679. The van der Waals surface area contributed by atoms with Crippen LogP contribution in [0.4, 0.5) is 0 Å². The van der Waals surface area contributed by atoms with Crippen molar-refractivity contribution in [3.8, 4) is 0 Å². The first-order valence-corrected chi connectivity index (χ1v) is 12.5. The largest absolute Gasteiger partial charge is 0.393 e. The zero-order valence-corrected chi connectivity index (χ0v) is 18.7. The van der Waals surface area contributed by atoms with E-state index in [2.05, 4.69) is 43.1 Å². The summed E-state index contributed by atoms with van der Waals surface area (Å²) in [5, 5.41) is 12.9. The molecule has 4 aliphatic rings. The van der Waals surface area contributed by atoms with Gasteiger partial charge in [-0.1, -0.05) is 26.0 Å². The molecule has 0 unspecified atom stereocenters. The molecule has 160 valence electrons. The lowest BCUT2D eigenvalue weighted by Crippen LogP contribution is -2.53. The monoisotopic (exact) mass is 403 g/mol. The van der Waals surface area contributed by atoms with Crippen molar-refractivity contribution in [1.29, 1.82) is 0 Å². The van der Waals surface area contributed by atoms with Gasteiger partial charge in [-0.15, -0.1) is 0 Å². The van der Waals surface area contributed by atoms with Gasteiger partial charge in [0.05, 0.1) is 6.10 Å². The van der Waals surface area contributed by atoms with Crippen LogP contribution >= 0.6 is 0 Å². The Hall–Kier alpha value is -1.41. The molecular weight excluding hydrogens is 366 g/mol. The highest BCUT2D eigenvalue weighted by atomic mass is 16.3. The van der Waals surface area contributed by atoms with E-state index in [-0.39, 0.29) is 6.10 Å². The van der Waals surface area contributed by atoms with E-state index >= 15 is 0 Å². The Morgan fingerprint density at radius 1 is 0.867 bits per heavy atom. The smallest absolute Gasteiger partial charge is 0.0543 e. The van der Waals surface area contributed by atoms with Crippen LogP contribution in [0.1, 0.15) is 83.1 Å². The molecule has 4 aliphatic carbocycles. The van der Waals surface area contributed by atoms with Crippen molar-refractivity contribution in [2.24, 2.45) is 34.5 Å².